The Bertz CT molecular complexity index is 367. The highest BCUT2D eigenvalue weighted by Gasteiger charge is 2.33. The molecule has 0 bridgehead atoms. The minimum atomic E-state index is -0.996. The van der Waals surface area contributed by atoms with E-state index in [-0.39, 0.29) is 5.78 Å². The molecule has 1 aromatic heterocycles. The highest BCUT2D eigenvalue weighted by atomic mass is 32.1. The number of aryl methyl sites for hydroxylation is 1. The van der Waals surface area contributed by atoms with Crippen LogP contribution in [0.1, 0.15) is 21.7 Å². The van der Waals surface area contributed by atoms with Crippen LogP contribution < -0.4 is 0 Å². The molecular formula is C9H8O3S. The fourth-order valence-corrected chi connectivity index (χ4v) is 2.52. The number of carbonyl (C=O) groups excluding carboxylic acids is 1. The first kappa shape index (κ1) is 8.44. The molecule has 2 rings (SSSR count). The maximum Gasteiger partial charge on any atom is 0.314 e. The van der Waals surface area contributed by atoms with E-state index in [4.69, 9.17) is 5.11 Å². The molecule has 1 N–H and O–H groups in total. The van der Waals surface area contributed by atoms with Gasteiger partial charge in [0.05, 0.1) is 4.88 Å². The normalized spacial score (nSPS) is 21.2. The average molecular weight is 196 g/mol. The Balaban J connectivity index is 2.38. The second kappa shape index (κ2) is 2.96. The molecule has 0 aromatic carbocycles. The van der Waals surface area contributed by atoms with E-state index >= 15 is 0 Å². The standard InChI is InChI=1S/C9H8O3S/c10-7-6(9(11)12)2-1-5-3-4-13-8(5)7/h3-4,6H,1-2H2,(H,11,12). The molecule has 0 fully saturated rings. The molecule has 0 saturated carbocycles. The minimum absolute atomic E-state index is 0.219. The summed E-state index contributed by atoms with van der Waals surface area (Å²) in [4.78, 5) is 22.9. The SMILES string of the molecule is O=C(O)C1CCc2ccsc2C1=O. The van der Waals surface area contributed by atoms with Crippen molar-refractivity contribution in [3.8, 4) is 0 Å². The van der Waals surface area contributed by atoms with Gasteiger partial charge in [-0.05, 0) is 29.9 Å². The molecule has 3 nitrogen and oxygen atoms in total. The van der Waals surface area contributed by atoms with Gasteiger partial charge in [0.2, 0.25) is 0 Å². The molecule has 0 saturated heterocycles. The van der Waals surface area contributed by atoms with Gasteiger partial charge in [0.15, 0.2) is 5.78 Å². The lowest BCUT2D eigenvalue weighted by molar-refractivity contribution is -0.140. The first-order valence-electron chi connectivity index (χ1n) is 4.03. The average Bonchev–Trinajstić information content (AvgIpc) is 2.52. The van der Waals surface area contributed by atoms with Crippen LogP contribution in [-0.4, -0.2) is 16.9 Å². The Morgan fingerprint density at radius 2 is 2.38 bits per heavy atom. The Kier molecular flexibility index (Phi) is 1.92. The zero-order valence-corrected chi connectivity index (χ0v) is 7.63. The molecule has 1 atom stereocenters. The zero-order valence-electron chi connectivity index (χ0n) is 6.82. The topological polar surface area (TPSA) is 54.4 Å². The van der Waals surface area contributed by atoms with E-state index in [1.165, 1.54) is 11.3 Å². The summed E-state index contributed by atoms with van der Waals surface area (Å²) in [6.45, 7) is 0. The van der Waals surface area contributed by atoms with Gasteiger partial charge < -0.3 is 5.11 Å². The van der Waals surface area contributed by atoms with Crippen molar-refractivity contribution in [2.24, 2.45) is 5.92 Å². The van der Waals surface area contributed by atoms with Crippen LogP contribution in [0.2, 0.25) is 0 Å². The Morgan fingerprint density at radius 1 is 1.62 bits per heavy atom. The third-order valence-electron chi connectivity index (χ3n) is 2.29. The number of carbonyl (C=O) groups is 2. The number of carboxylic acid groups (broad SMARTS) is 1. The lowest BCUT2D eigenvalue weighted by Gasteiger charge is -2.16. The fourth-order valence-electron chi connectivity index (χ4n) is 1.57. The fraction of sp³-hybridized carbons (Fsp3) is 0.333. The predicted octanol–water partition coefficient (Wildman–Crippen LogP) is 1.58. The van der Waals surface area contributed by atoms with Crippen molar-refractivity contribution in [2.75, 3.05) is 0 Å². The van der Waals surface area contributed by atoms with Crippen molar-refractivity contribution in [3.63, 3.8) is 0 Å². The van der Waals surface area contributed by atoms with E-state index in [0.29, 0.717) is 17.7 Å². The van der Waals surface area contributed by atoms with Crippen molar-refractivity contribution < 1.29 is 14.7 Å². The van der Waals surface area contributed by atoms with Crippen LogP contribution in [0, 0.1) is 5.92 Å². The van der Waals surface area contributed by atoms with Gasteiger partial charge in [-0.1, -0.05) is 0 Å². The van der Waals surface area contributed by atoms with E-state index in [1.807, 2.05) is 11.4 Å². The van der Waals surface area contributed by atoms with Crippen molar-refractivity contribution in [2.45, 2.75) is 12.8 Å². The van der Waals surface area contributed by atoms with Gasteiger partial charge in [-0.25, -0.2) is 0 Å². The molecule has 4 heteroatoms. The summed E-state index contributed by atoms with van der Waals surface area (Å²) in [5.41, 5.74) is 1.01. The van der Waals surface area contributed by atoms with E-state index in [0.717, 1.165) is 5.56 Å². The third-order valence-corrected chi connectivity index (χ3v) is 3.26. The molecule has 1 aliphatic rings. The van der Waals surface area contributed by atoms with Crippen LogP contribution >= 0.6 is 11.3 Å². The maximum atomic E-state index is 11.5. The van der Waals surface area contributed by atoms with Gasteiger partial charge in [0, 0.05) is 0 Å². The van der Waals surface area contributed by atoms with E-state index in [9.17, 15) is 9.59 Å². The zero-order chi connectivity index (χ0) is 9.42. The number of ketones is 1. The highest BCUT2D eigenvalue weighted by Crippen LogP contribution is 2.29. The molecule has 0 radical (unpaired) electrons. The van der Waals surface area contributed by atoms with E-state index < -0.39 is 11.9 Å². The smallest absolute Gasteiger partial charge is 0.314 e. The molecular weight excluding hydrogens is 188 g/mol. The monoisotopic (exact) mass is 196 g/mol. The quantitative estimate of drug-likeness (QED) is 0.694. The summed E-state index contributed by atoms with van der Waals surface area (Å²) < 4.78 is 0. The summed E-state index contributed by atoms with van der Waals surface area (Å²) in [6.07, 6.45) is 1.15. The lowest BCUT2D eigenvalue weighted by atomic mass is 9.88. The molecule has 1 aromatic rings. The first-order valence-corrected chi connectivity index (χ1v) is 4.91. The van der Waals surface area contributed by atoms with Gasteiger partial charge in [0.25, 0.3) is 0 Å². The van der Waals surface area contributed by atoms with E-state index in [2.05, 4.69) is 0 Å². The van der Waals surface area contributed by atoms with Crippen LogP contribution in [0.25, 0.3) is 0 Å². The number of carboxylic acids is 1. The van der Waals surface area contributed by atoms with Gasteiger partial charge in [-0.3, -0.25) is 9.59 Å². The van der Waals surface area contributed by atoms with Crippen molar-refractivity contribution in [1.29, 1.82) is 0 Å². The van der Waals surface area contributed by atoms with Crippen LogP contribution in [0.3, 0.4) is 0 Å². The number of hydrogen-bond donors (Lipinski definition) is 1. The molecule has 1 aliphatic carbocycles. The Morgan fingerprint density at radius 3 is 3.08 bits per heavy atom. The summed E-state index contributed by atoms with van der Waals surface area (Å²) >= 11 is 1.34. The predicted molar refractivity (Wildman–Crippen MR) is 48.1 cm³/mol. The molecule has 1 heterocycles. The number of rotatable bonds is 1. The van der Waals surface area contributed by atoms with Crippen LogP contribution in [0.5, 0.6) is 0 Å². The van der Waals surface area contributed by atoms with Gasteiger partial charge in [-0.15, -0.1) is 11.3 Å². The lowest BCUT2D eigenvalue weighted by Crippen LogP contribution is -2.27. The molecule has 0 amide bonds. The number of Topliss-reactive ketones (excluding diaryl/α,β-unsaturated/α-hetero) is 1. The minimum Gasteiger partial charge on any atom is -0.481 e. The van der Waals surface area contributed by atoms with Crippen molar-refractivity contribution in [3.05, 3.63) is 21.9 Å². The first-order chi connectivity index (χ1) is 6.20. The Labute approximate surface area is 79.0 Å². The van der Waals surface area contributed by atoms with Crippen molar-refractivity contribution >= 4 is 23.1 Å². The summed E-state index contributed by atoms with van der Waals surface area (Å²) in [5, 5.41) is 10.6. The number of hydrogen-bond acceptors (Lipinski definition) is 3. The van der Waals surface area contributed by atoms with Gasteiger partial charge in [0.1, 0.15) is 5.92 Å². The molecule has 1 unspecified atom stereocenters. The number of thiophene rings is 1. The van der Waals surface area contributed by atoms with Crippen LogP contribution in [-0.2, 0) is 11.2 Å². The van der Waals surface area contributed by atoms with E-state index in [1.54, 1.807) is 0 Å². The summed E-state index contributed by atoms with van der Waals surface area (Å²) in [7, 11) is 0. The third kappa shape index (κ3) is 1.27. The molecule has 13 heavy (non-hydrogen) atoms. The van der Waals surface area contributed by atoms with Gasteiger partial charge >= 0.3 is 5.97 Å². The number of fused-ring (bicyclic) bond motifs is 1. The molecule has 68 valence electrons. The highest BCUT2D eigenvalue weighted by molar-refractivity contribution is 7.12. The van der Waals surface area contributed by atoms with Crippen molar-refractivity contribution in [1.82, 2.24) is 0 Å². The number of aliphatic carboxylic acids is 1. The van der Waals surface area contributed by atoms with Crippen LogP contribution in [0.4, 0.5) is 0 Å². The maximum absolute atomic E-state index is 11.5. The second-order valence-corrected chi connectivity index (χ2v) is 3.98. The summed E-state index contributed by atoms with van der Waals surface area (Å²) in [5.74, 6) is -2.03. The molecule has 0 aliphatic heterocycles. The summed E-state index contributed by atoms with van der Waals surface area (Å²) in [6, 6.07) is 1.90. The van der Waals surface area contributed by atoms with Crippen LogP contribution in [0.15, 0.2) is 11.4 Å². The second-order valence-electron chi connectivity index (χ2n) is 3.07. The van der Waals surface area contributed by atoms with Gasteiger partial charge in [-0.2, -0.15) is 0 Å². The Hall–Kier alpha value is -1.16. The largest absolute Gasteiger partial charge is 0.481 e. The molecule has 0 spiro atoms.